The molecular formula is C72H142NO8P. The first-order chi connectivity index (χ1) is 40.3. The summed E-state index contributed by atoms with van der Waals surface area (Å²) in [6.45, 7) is 3.82. The highest BCUT2D eigenvalue weighted by Crippen LogP contribution is 2.43. The zero-order valence-corrected chi connectivity index (χ0v) is 55.9. The Bertz CT molecular complexity index is 1350. The number of carbonyl (C=O) groups excluding carboxylic acids is 2. The van der Waals surface area contributed by atoms with Crippen molar-refractivity contribution in [2.75, 3.05) is 26.4 Å². The number of unbranched alkanes of at least 4 members (excludes halogenated alkanes) is 56. The fourth-order valence-electron chi connectivity index (χ4n) is 11.5. The van der Waals surface area contributed by atoms with Crippen molar-refractivity contribution < 1.29 is 37.6 Å². The zero-order chi connectivity index (χ0) is 59.4. The Balaban J connectivity index is 3.71. The summed E-state index contributed by atoms with van der Waals surface area (Å²) >= 11 is 0. The highest BCUT2D eigenvalue weighted by molar-refractivity contribution is 7.47. The highest BCUT2D eigenvalue weighted by atomic mass is 31.2. The summed E-state index contributed by atoms with van der Waals surface area (Å²) in [7, 11) is -4.39. The minimum absolute atomic E-state index is 0.0566. The van der Waals surface area contributed by atoms with E-state index in [4.69, 9.17) is 24.3 Å². The second-order valence-corrected chi connectivity index (χ2v) is 26.6. The molecule has 0 fully saturated rings. The van der Waals surface area contributed by atoms with Crippen LogP contribution in [0.15, 0.2) is 12.2 Å². The molecule has 488 valence electrons. The van der Waals surface area contributed by atoms with Gasteiger partial charge >= 0.3 is 19.8 Å². The largest absolute Gasteiger partial charge is 0.472 e. The standard InChI is InChI=1S/C72H142NO8P/c1-3-5-7-9-11-13-15-17-19-21-23-25-26-27-28-29-30-31-32-33-34-35-36-37-38-39-40-41-42-43-45-46-48-50-52-54-56-58-60-62-64-71(74)78-68-70(69-80-82(76,77)79-67-66-73)81-72(75)65-63-61-59-57-55-53-51-49-47-44-24-22-20-18-16-14-12-10-8-6-4-2/h22,24,70H,3-21,23,25-69,73H2,1-2H3,(H,76,77)/b24-22-. The van der Waals surface area contributed by atoms with Gasteiger partial charge in [0.15, 0.2) is 6.10 Å². The van der Waals surface area contributed by atoms with Crippen molar-refractivity contribution >= 4 is 19.8 Å². The molecule has 9 nitrogen and oxygen atoms in total. The third kappa shape index (κ3) is 67.9. The molecular weight excluding hydrogens is 1040 g/mol. The van der Waals surface area contributed by atoms with Crippen LogP contribution in [0.2, 0.25) is 0 Å². The van der Waals surface area contributed by atoms with E-state index in [0.717, 1.165) is 38.5 Å². The number of esters is 2. The molecule has 0 aliphatic rings. The van der Waals surface area contributed by atoms with Gasteiger partial charge in [-0.25, -0.2) is 4.57 Å². The average molecular weight is 1180 g/mol. The van der Waals surface area contributed by atoms with Gasteiger partial charge in [0, 0.05) is 19.4 Å². The molecule has 0 aliphatic carbocycles. The van der Waals surface area contributed by atoms with Crippen molar-refractivity contribution in [3.8, 4) is 0 Å². The highest BCUT2D eigenvalue weighted by Gasteiger charge is 2.26. The molecule has 0 radical (unpaired) electrons. The molecule has 2 atom stereocenters. The summed E-state index contributed by atoms with van der Waals surface area (Å²) in [5, 5.41) is 0. The van der Waals surface area contributed by atoms with Crippen molar-refractivity contribution in [2.24, 2.45) is 5.73 Å². The quantitative estimate of drug-likeness (QED) is 0.0264. The van der Waals surface area contributed by atoms with Crippen LogP contribution < -0.4 is 5.73 Å². The summed E-state index contributed by atoms with van der Waals surface area (Å²) in [5.41, 5.74) is 5.40. The van der Waals surface area contributed by atoms with E-state index in [-0.39, 0.29) is 38.6 Å². The molecule has 0 saturated carbocycles. The lowest BCUT2D eigenvalue weighted by atomic mass is 10.0. The molecule has 0 aliphatic heterocycles. The van der Waals surface area contributed by atoms with Crippen LogP contribution in [0.25, 0.3) is 0 Å². The molecule has 0 aromatic heterocycles. The Morgan fingerprint density at radius 3 is 0.866 bits per heavy atom. The van der Waals surface area contributed by atoms with Gasteiger partial charge in [-0.05, 0) is 38.5 Å². The SMILES string of the molecule is CCCCCCCCCC/C=C\CCCCCCCCCCCC(=O)OC(COC(=O)CCCCCCCCCCCCCCCCCCCCCCCCCCCCCCCCCCCCCCCCCC)COP(=O)(O)OCCN. The lowest BCUT2D eigenvalue weighted by molar-refractivity contribution is -0.161. The number of allylic oxidation sites excluding steroid dienone is 2. The van der Waals surface area contributed by atoms with E-state index in [2.05, 4.69) is 26.0 Å². The Kier molecular flexibility index (Phi) is 67.8. The van der Waals surface area contributed by atoms with E-state index in [0.29, 0.717) is 6.42 Å². The average Bonchev–Trinajstić information content (AvgIpc) is 3.48. The second kappa shape index (κ2) is 68.9. The van der Waals surface area contributed by atoms with Crippen LogP contribution in [0.1, 0.15) is 406 Å². The molecule has 3 N–H and O–H groups in total. The summed E-state index contributed by atoms with van der Waals surface area (Å²) in [6.07, 6.45) is 83.5. The zero-order valence-electron chi connectivity index (χ0n) is 55.0. The van der Waals surface area contributed by atoms with Gasteiger partial charge in [0.2, 0.25) is 0 Å². The first kappa shape index (κ1) is 80.8. The van der Waals surface area contributed by atoms with Gasteiger partial charge < -0.3 is 20.1 Å². The lowest BCUT2D eigenvalue weighted by Gasteiger charge is -2.19. The molecule has 0 heterocycles. The maximum absolute atomic E-state index is 12.7. The summed E-state index contributed by atoms with van der Waals surface area (Å²) in [5.74, 6) is -0.806. The van der Waals surface area contributed by atoms with E-state index in [1.165, 1.54) is 334 Å². The molecule has 0 bridgehead atoms. The number of nitrogens with two attached hydrogens (primary N) is 1. The van der Waals surface area contributed by atoms with Crippen LogP contribution in [0.3, 0.4) is 0 Å². The van der Waals surface area contributed by atoms with E-state index in [1.54, 1.807) is 0 Å². The van der Waals surface area contributed by atoms with Gasteiger partial charge in [-0.2, -0.15) is 0 Å². The monoisotopic (exact) mass is 1180 g/mol. The number of carbonyl (C=O) groups is 2. The lowest BCUT2D eigenvalue weighted by Crippen LogP contribution is -2.29. The topological polar surface area (TPSA) is 134 Å². The first-order valence-corrected chi connectivity index (χ1v) is 38.2. The van der Waals surface area contributed by atoms with Gasteiger partial charge in [-0.15, -0.1) is 0 Å². The van der Waals surface area contributed by atoms with Crippen molar-refractivity contribution in [2.45, 2.75) is 412 Å². The number of phosphoric ester groups is 1. The third-order valence-electron chi connectivity index (χ3n) is 16.9. The number of rotatable bonds is 71. The van der Waals surface area contributed by atoms with Crippen LogP contribution in [-0.4, -0.2) is 49.3 Å². The summed E-state index contributed by atoms with van der Waals surface area (Å²) in [4.78, 5) is 35.3. The van der Waals surface area contributed by atoms with Crippen molar-refractivity contribution in [3.05, 3.63) is 12.2 Å². The van der Waals surface area contributed by atoms with E-state index in [9.17, 15) is 19.0 Å². The molecule has 10 heteroatoms. The molecule has 0 amide bonds. The van der Waals surface area contributed by atoms with Crippen LogP contribution in [0, 0.1) is 0 Å². The predicted octanol–water partition coefficient (Wildman–Crippen LogP) is 23.9. The number of ether oxygens (including phenoxy) is 2. The smallest absolute Gasteiger partial charge is 0.462 e. The van der Waals surface area contributed by atoms with E-state index >= 15 is 0 Å². The minimum Gasteiger partial charge on any atom is -0.462 e. The van der Waals surface area contributed by atoms with Gasteiger partial charge in [-0.1, -0.05) is 366 Å². The van der Waals surface area contributed by atoms with Crippen LogP contribution in [0.4, 0.5) is 0 Å². The van der Waals surface area contributed by atoms with Crippen molar-refractivity contribution in [3.63, 3.8) is 0 Å². The molecule has 0 rings (SSSR count). The fraction of sp³-hybridized carbons (Fsp3) is 0.944. The number of hydrogen-bond acceptors (Lipinski definition) is 8. The maximum atomic E-state index is 12.7. The number of phosphoric acid groups is 1. The third-order valence-corrected chi connectivity index (χ3v) is 17.9. The Labute approximate surface area is 510 Å². The van der Waals surface area contributed by atoms with Crippen molar-refractivity contribution in [1.82, 2.24) is 0 Å². The van der Waals surface area contributed by atoms with Crippen LogP contribution >= 0.6 is 7.82 Å². The summed E-state index contributed by atoms with van der Waals surface area (Å²) < 4.78 is 33.2. The molecule has 0 spiro atoms. The molecule has 82 heavy (non-hydrogen) atoms. The Morgan fingerprint density at radius 1 is 0.354 bits per heavy atom. The molecule has 0 saturated heterocycles. The fourth-order valence-corrected chi connectivity index (χ4v) is 12.2. The van der Waals surface area contributed by atoms with Crippen LogP contribution in [-0.2, 0) is 32.7 Å². The van der Waals surface area contributed by atoms with Crippen LogP contribution in [0.5, 0.6) is 0 Å². The summed E-state index contributed by atoms with van der Waals surface area (Å²) in [6, 6.07) is 0. The second-order valence-electron chi connectivity index (χ2n) is 25.2. The molecule has 0 aromatic carbocycles. The van der Waals surface area contributed by atoms with Gasteiger partial charge in [-0.3, -0.25) is 18.6 Å². The van der Waals surface area contributed by atoms with E-state index in [1.807, 2.05) is 0 Å². The minimum atomic E-state index is -4.39. The van der Waals surface area contributed by atoms with Gasteiger partial charge in [0.1, 0.15) is 6.61 Å². The van der Waals surface area contributed by atoms with Gasteiger partial charge in [0.25, 0.3) is 0 Å². The molecule has 2 unspecified atom stereocenters. The maximum Gasteiger partial charge on any atom is 0.472 e. The molecule has 0 aromatic rings. The normalized spacial score (nSPS) is 12.9. The number of hydrogen-bond donors (Lipinski definition) is 2. The van der Waals surface area contributed by atoms with Gasteiger partial charge in [0.05, 0.1) is 13.2 Å². The first-order valence-electron chi connectivity index (χ1n) is 36.7. The van der Waals surface area contributed by atoms with Crippen molar-refractivity contribution in [1.29, 1.82) is 0 Å². The predicted molar refractivity (Wildman–Crippen MR) is 354 cm³/mol. The Morgan fingerprint density at radius 2 is 0.598 bits per heavy atom. The Hall–Kier alpha value is -1.25. The van der Waals surface area contributed by atoms with E-state index < -0.39 is 26.5 Å².